The predicted molar refractivity (Wildman–Crippen MR) is 47.2 cm³/mol. The number of carbonyl (C=O) groups excluding carboxylic acids is 1. The van der Waals surface area contributed by atoms with E-state index in [1.165, 1.54) is 31.2 Å². The molecule has 1 atom stereocenters. The van der Waals surface area contributed by atoms with Gasteiger partial charge in [-0.25, -0.2) is 4.39 Å². The third-order valence-corrected chi connectivity index (χ3v) is 1.70. The number of halogens is 1. The first kappa shape index (κ1) is 9.71. The molecular formula is C10H11FO2. The molecule has 1 rings (SSSR count). The van der Waals surface area contributed by atoms with E-state index in [1.54, 1.807) is 6.92 Å². The van der Waals surface area contributed by atoms with Gasteiger partial charge >= 0.3 is 0 Å². The van der Waals surface area contributed by atoms with Crippen molar-refractivity contribution in [3.05, 3.63) is 30.1 Å². The first-order chi connectivity index (χ1) is 6.09. The van der Waals surface area contributed by atoms with Gasteiger partial charge < -0.3 is 4.74 Å². The van der Waals surface area contributed by atoms with Gasteiger partial charge in [-0.1, -0.05) is 0 Å². The summed E-state index contributed by atoms with van der Waals surface area (Å²) in [6.45, 7) is 3.11. The maximum absolute atomic E-state index is 12.5. The molecule has 13 heavy (non-hydrogen) atoms. The zero-order chi connectivity index (χ0) is 9.84. The van der Waals surface area contributed by atoms with Gasteiger partial charge in [-0.15, -0.1) is 0 Å². The molecule has 0 fully saturated rings. The molecule has 70 valence electrons. The van der Waals surface area contributed by atoms with Crippen molar-refractivity contribution < 1.29 is 13.9 Å². The molecule has 0 aliphatic rings. The Labute approximate surface area is 76.3 Å². The summed E-state index contributed by atoms with van der Waals surface area (Å²) in [7, 11) is 0. The van der Waals surface area contributed by atoms with Crippen LogP contribution in [0, 0.1) is 5.82 Å². The zero-order valence-corrected chi connectivity index (χ0v) is 7.58. The van der Waals surface area contributed by atoms with E-state index in [2.05, 4.69) is 0 Å². The van der Waals surface area contributed by atoms with Crippen LogP contribution < -0.4 is 4.74 Å². The average Bonchev–Trinajstić information content (AvgIpc) is 2.08. The van der Waals surface area contributed by atoms with Crippen molar-refractivity contribution in [2.45, 2.75) is 20.0 Å². The van der Waals surface area contributed by atoms with Crippen molar-refractivity contribution in [1.29, 1.82) is 0 Å². The topological polar surface area (TPSA) is 26.3 Å². The highest BCUT2D eigenvalue weighted by Gasteiger charge is 2.08. The maximum Gasteiger partial charge on any atom is 0.169 e. The van der Waals surface area contributed by atoms with Crippen molar-refractivity contribution in [2.24, 2.45) is 0 Å². The van der Waals surface area contributed by atoms with Crippen molar-refractivity contribution in [3.8, 4) is 5.75 Å². The number of carbonyl (C=O) groups is 1. The van der Waals surface area contributed by atoms with Crippen molar-refractivity contribution >= 4 is 5.78 Å². The largest absolute Gasteiger partial charge is 0.483 e. The lowest BCUT2D eigenvalue weighted by Crippen LogP contribution is -2.20. The molecule has 0 aliphatic heterocycles. The molecule has 0 saturated carbocycles. The van der Waals surface area contributed by atoms with Crippen LogP contribution in [0.15, 0.2) is 24.3 Å². The van der Waals surface area contributed by atoms with Crippen LogP contribution in [0.5, 0.6) is 5.75 Å². The number of rotatable bonds is 3. The lowest BCUT2D eigenvalue weighted by molar-refractivity contribution is -0.122. The summed E-state index contributed by atoms with van der Waals surface area (Å²) < 4.78 is 17.7. The molecule has 1 aromatic rings. The highest BCUT2D eigenvalue weighted by atomic mass is 19.1. The standard InChI is InChI=1S/C10H11FO2/c1-7(12)8(2)13-10-5-3-9(11)4-6-10/h3-6,8H,1-2H3/t8-/m0/s1. The Morgan fingerprint density at radius 1 is 1.38 bits per heavy atom. The molecule has 0 saturated heterocycles. The molecule has 0 unspecified atom stereocenters. The third kappa shape index (κ3) is 2.86. The van der Waals surface area contributed by atoms with Gasteiger partial charge in [0.2, 0.25) is 0 Å². The fourth-order valence-electron chi connectivity index (χ4n) is 0.800. The lowest BCUT2D eigenvalue weighted by Gasteiger charge is -2.10. The molecule has 0 aliphatic carbocycles. The van der Waals surface area contributed by atoms with Gasteiger partial charge in [0.05, 0.1) is 0 Å². The number of hydrogen-bond acceptors (Lipinski definition) is 2. The van der Waals surface area contributed by atoms with Crippen LogP contribution in [0.25, 0.3) is 0 Å². The molecular weight excluding hydrogens is 171 g/mol. The van der Waals surface area contributed by atoms with Crippen molar-refractivity contribution in [2.75, 3.05) is 0 Å². The average molecular weight is 182 g/mol. The van der Waals surface area contributed by atoms with E-state index in [9.17, 15) is 9.18 Å². The number of hydrogen-bond donors (Lipinski definition) is 0. The van der Waals surface area contributed by atoms with Gasteiger partial charge in [0, 0.05) is 0 Å². The minimum absolute atomic E-state index is 0.0516. The Kier molecular flexibility index (Phi) is 3.01. The van der Waals surface area contributed by atoms with E-state index in [0.717, 1.165) is 0 Å². The van der Waals surface area contributed by atoms with E-state index in [-0.39, 0.29) is 11.6 Å². The highest BCUT2D eigenvalue weighted by molar-refractivity contribution is 5.80. The van der Waals surface area contributed by atoms with Gasteiger partial charge in [0.15, 0.2) is 11.9 Å². The second-order valence-corrected chi connectivity index (χ2v) is 2.82. The second kappa shape index (κ2) is 4.03. The summed E-state index contributed by atoms with van der Waals surface area (Å²) >= 11 is 0. The van der Waals surface area contributed by atoms with Crippen LogP contribution in [0.3, 0.4) is 0 Å². The highest BCUT2D eigenvalue weighted by Crippen LogP contribution is 2.12. The van der Waals surface area contributed by atoms with E-state index < -0.39 is 6.10 Å². The Morgan fingerprint density at radius 2 is 1.92 bits per heavy atom. The monoisotopic (exact) mass is 182 g/mol. The molecule has 1 aromatic carbocycles. The number of ether oxygens (including phenoxy) is 1. The smallest absolute Gasteiger partial charge is 0.169 e. The van der Waals surface area contributed by atoms with E-state index in [1.807, 2.05) is 0 Å². The molecule has 0 bridgehead atoms. The summed E-state index contributed by atoms with van der Waals surface area (Å²) in [4.78, 5) is 10.8. The zero-order valence-electron chi connectivity index (χ0n) is 7.58. The van der Waals surface area contributed by atoms with Crippen LogP contribution in [-0.4, -0.2) is 11.9 Å². The quantitative estimate of drug-likeness (QED) is 0.716. The fourth-order valence-corrected chi connectivity index (χ4v) is 0.800. The first-order valence-electron chi connectivity index (χ1n) is 4.02. The summed E-state index contributed by atoms with van der Waals surface area (Å²) in [6, 6.07) is 5.58. The predicted octanol–water partition coefficient (Wildman–Crippen LogP) is 2.18. The molecule has 0 spiro atoms. The van der Waals surface area contributed by atoms with Crippen molar-refractivity contribution in [1.82, 2.24) is 0 Å². The number of ketones is 1. The third-order valence-electron chi connectivity index (χ3n) is 1.70. The minimum atomic E-state index is -0.481. The minimum Gasteiger partial charge on any atom is -0.483 e. The number of benzene rings is 1. The van der Waals surface area contributed by atoms with Crippen LogP contribution in [-0.2, 0) is 4.79 Å². The lowest BCUT2D eigenvalue weighted by atomic mass is 10.3. The maximum atomic E-state index is 12.5. The molecule has 3 heteroatoms. The summed E-state index contributed by atoms with van der Waals surface area (Å²) in [5.41, 5.74) is 0. The SMILES string of the molecule is CC(=O)[C@H](C)Oc1ccc(F)cc1. The molecule has 0 radical (unpaired) electrons. The van der Waals surface area contributed by atoms with E-state index >= 15 is 0 Å². The van der Waals surface area contributed by atoms with Crippen LogP contribution in [0.2, 0.25) is 0 Å². The van der Waals surface area contributed by atoms with Gasteiger partial charge in [-0.3, -0.25) is 4.79 Å². The molecule has 2 nitrogen and oxygen atoms in total. The van der Waals surface area contributed by atoms with Crippen LogP contribution in [0.4, 0.5) is 4.39 Å². The second-order valence-electron chi connectivity index (χ2n) is 2.82. The molecule has 0 N–H and O–H groups in total. The van der Waals surface area contributed by atoms with Crippen molar-refractivity contribution in [3.63, 3.8) is 0 Å². The van der Waals surface area contributed by atoms with E-state index in [0.29, 0.717) is 5.75 Å². The van der Waals surface area contributed by atoms with Crippen LogP contribution >= 0.6 is 0 Å². The summed E-state index contributed by atoms with van der Waals surface area (Å²) in [6.07, 6.45) is -0.481. The Hall–Kier alpha value is -1.38. The van der Waals surface area contributed by atoms with E-state index in [4.69, 9.17) is 4.74 Å². The fraction of sp³-hybridized carbons (Fsp3) is 0.300. The van der Waals surface area contributed by atoms with Gasteiger partial charge in [-0.2, -0.15) is 0 Å². The molecule has 0 aromatic heterocycles. The first-order valence-corrected chi connectivity index (χ1v) is 4.02. The number of Topliss-reactive ketones (excluding diaryl/α,β-unsaturated/α-hetero) is 1. The van der Waals surface area contributed by atoms with Gasteiger partial charge in [0.25, 0.3) is 0 Å². The Balaban J connectivity index is 2.64. The molecule has 0 heterocycles. The van der Waals surface area contributed by atoms with Gasteiger partial charge in [-0.05, 0) is 38.1 Å². The Bertz CT molecular complexity index is 292. The Morgan fingerprint density at radius 3 is 2.38 bits per heavy atom. The molecule has 0 amide bonds. The normalized spacial score (nSPS) is 12.2. The van der Waals surface area contributed by atoms with Gasteiger partial charge in [0.1, 0.15) is 11.6 Å². The summed E-state index contributed by atoms with van der Waals surface area (Å²) in [5.74, 6) is 0.135. The summed E-state index contributed by atoms with van der Waals surface area (Å²) in [5, 5.41) is 0. The van der Waals surface area contributed by atoms with Crippen LogP contribution in [0.1, 0.15) is 13.8 Å².